The zero-order chi connectivity index (χ0) is 8.10. The van der Waals surface area contributed by atoms with Crippen molar-refractivity contribution in [3.8, 4) is 5.75 Å². The third-order valence-corrected chi connectivity index (χ3v) is 1.25. The number of hydrogen-bond donors (Lipinski definition) is 0. The van der Waals surface area contributed by atoms with Gasteiger partial charge in [0.2, 0.25) is 0 Å². The van der Waals surface area contributed by atoms with Crippen molar-refractivity contribution in [3.05, 3.63) is 30.3 Å². The van der Waals surface area contributed by atoms with Gasteiger partial charge in [-0.3, -0.25) is 4.79 Å². The molecule has 0 spiro atoms. The minimum absolute atomic E-state index is 0.126. The van der Waals surface area contributed by atoms with Gasteiger partial charge >= 0.3 is 5.97 Å². The summed E-state index contributed by atoms with van der Waals surface area (Å²) < 4.78 is 4.77. The standard InChI is InChI=1S/C8H6ClO2/c9-6-8(10)11-7-4-2-1-3-5-7/h2-5H,6H2. The average molecular weight is 170 g/mol. The highest BCUT2D eigenvalue weighted by Crippen LogP contribution is 2.07. The minimum atomic E-state index is -0.446. The van der Waals surface area contributed by atoms with Gasteiger partial charge in [-0.15, -0.1) is 11.6 Å². The highest BCUT2D eigenvalue weighted by Gasteiger charge is 1.99. The first-order valence-corrected chi connectivity index (χ1v) is 3.59. The summed E-state index contributed by atoms with van der Waals surface area (Å²) in [7, 11) is 0. The van der Waals surface area contributed by atoms with Gasteiger partial charge in [0.25, 0.3) is 0 Å². The summed E-state index contributed by atoms with van der Waals surface area (Å²) >= 11 is 5.22. The molecule has 1 radical (unpaired) electrons. The zero-order valence-electron chi connectivity index (χ0n) is 5.71. The van der Waals surface area contributed by atoms with Crippen LogP contribution in [0, 0.1) is 6.07 Å². The highest BCUT2D eigenvalue weighted by molar-refractivity contribution is 6.26. The predicted octanol–water partition coefficient (Wildman–Crippen LogP) is 1.63. The highest BCUT2D eigenvalue weighted by atomic mass is 35.5. The van der Waals surface area contributed by atoms with Crippen LogP contribution >= 0.6 is 11.6 Å². The second-order valence-corrected chi connectivity index (χ2v) is 2.11. The maximum absolute atomic E-state index is 10.6. The molecule has 0 bridgehead atoms. The number of hydrogen-bond acceptors (Lipinski definition) is 2. The van der Waals surface area contributed by atoms with Gasteiger partial charge in [-0.25, -0.2) is 0 Å². The second-order valence-electron chi connectivity index (χ2n) is 1.84. The Morgan fingerprint density at radius 2 is 2.18 bits per heavy atom. The van der Waals surface area contributed by atoms with Crippen LogP contribution in [-0.4, -0.2) is 11.8 Å². The largest absolute Gasteiger partial charge is 0.426 e. The zero-order valence-corrected chi connectivity index (χ0v) is 6.47. The third-order valence-electron chi connectivity index (χ3n) is 1.03. The molecule has 0 atom stereocenters. The van der Waals surface area contributed by atoms with Crippen LogP contribution in [-0.2, 0) is 4.79 Å². The van der Waals surface area contributed by atoms with E-state index in [1.54, 1.807) is 24.3 Å². The van der Waals surface area contributed by atoms with Crippen molar-refractivity contribution in [2.24, 2.45) is 0 Å². The van der Waals surface area contributed by atoms with Crippen LogP contribution in [0.15, 0.2) is 24.3 Å². The Hall–Kier alpha value is -1.02. The molecule has 2 nitrogen and oxygen atoms in total. The number of rotatable bonds is 2. The number of ether oxygens (including phenoxy) is 1. The minimum Gasteiger partial charge on any atom is -0.426 e. The quantitative estimate of drug-likeness (QED) is 0.382. The van der Waals surface area contributed by atoms with Crippen LogP contribution in [0.1, 0.15) is 0 Å². The molecule has 0 unspecified atom stereocenters. The normalized spacial score (nSPS) is 9.18. The van der Waals surface area contributed by atoms with Crippen LogP contribution in [0.2, 0.25) is 0 Å². The summed E-state index contributed by atoms with van der Waals surface area (Å²) in [6.07, 6.45) is 0. The molecule has 1 rings (SSSR count). The van der Waals surface area contributed by atoms with E-state index < -0.39 is 5.97 Å². The van der Waals surface area contributed by atoms with E-state index >= 15 is 0 Å². The van der Waals surface area contributed by atoms with E-state index in [9.17, 15) is 4.79 Å². The van der Waals surface area contributed by atoms with Crippen molar-refractivity contribution in [1.29, 1.82) is 0 Å². The van der Waals surface area contributed by atoms with Gasteiger partial charge in [0.05, 0.1) is 0 Å². The van der Waals surface area contributed by atoms with Crippen molar-refractivity contribution in [2.45, 2.75) is 0 Å². The number of carbonyl (C=O) groups is 1. The van der Waals surface area contributed by atoms with E-state index in [1.807, 2.05) is 0 Å². The van der Waals surface area contributed by atoms with E-state index in [2.05, 4.69) is 6.07 Å². The van der Waals surface area contributed by atoms with E-state index in [-0.39, 0.29) is 5.88 Å². The van der Waals surface area contributed by atoms with Gasteiger partial charge < -0.3 is 4.74 Å². The van der Waals surface area contributed by atoms with Crippen molar-refractivity contribution in [2.75, 3.05) is 5.88 Å². The molecule has 1 aromatic rings. The van der Waals surface area contributed by atoms with E-state index in [4.69, 9.17) is 16.3 Å². The SMILES string of the molecule is O=C(CCl)Oc1cc[c]cc1. The fourth-order valence-corrected chi connectivity index (χ4v) is 0.653. The van der Waals surface area contributed by atoms with Gasteiger partial charge in [-0.2, -0.15) is 0 Å². The van der Waals surface area contributed by atoms with Gasteiger partial charge in [-0.05, 0) is 18.2 Å². The Kier molecular flexibility index (Phi) is 2.93. The summed E-state index contributed by atoms with van der Waals surface area (Å²) in [5.41, 5.74) is 0. The molecule has 0 fully saturated rings. The summed E-state index contributed by atoms with van der Waals surface area (Å²) in [5.74, 6) is -0.0780. The lowest BCUT2D eigenvalue weighted by molar-refractivity contribution is -0.131. The number of carbonyl (C=O) groups excluding carboxylic acids is 1. The van der Waals surface area contributed by atoms with Gasteiger partial charge in [0.1, 0.15) is 11.6 Å². The molecule has 0 aliphatic heterocycles. The number of alkyl halides is 1. The van der Waals surface area contributed by atoms with Gasteiger partial charge in [0.15, 0.2) is 0 Å². The Morgan fingerprint density at radius 3 is 2.73 bits per heavy atom. The summed E-state index contributed by atoms with van der Waals surface area (Å²) in [6.45, 7) is 0. The molecule has 0 aromatic heterocycles. The first-order chi connectivity index (χ1) is 5.33. The first-order valence-electron chi connectivity index (χ1n) is 3.05. The topological polar surface area (TPSA) is 26.3 Å². The third kappa shape index (κ3) is 2.60. The molecule has 0 aliphatic carbocycles. The molecule has 0 N–H and O–H groups in total. The monoisotopic (exact) mass is 169 g/mol. The van der Waals surface area contributed by atoms with E-state index in [1.165, 1.54) is 0 Å². The fraction of sp³-hybridized carbons (Fsp3) is 0.125. The fourth-order valence-electron chi connectivity index (χ4n) is 0.598. The van der Waals surface area contributed by atoms with Crippen LogP contribution in [0.4, 0.5) is 0 Å². The van der Waals surface area contributed by atoms with Gasteiger partial charge in [-0.1, -0.05) is 12.1 Å². The summed E-state index contributed by atoms with van der Waals surface area (Å²) in [6, 6.07) is 9.41. The van der Waals surface area contributed by atoms with Crippen molar-refractivity contribution in [3.63, 3.8) is 0 Å². The van der Waals surface area contributed by atoms with Gasteiger partial charge in [0, 0.05) is 0 Å². The number of halogens is 1. The Morgan fingerprint density at radius 1 is 1.55 bits per heavy atom. The first kappa shape index (κ1) is 8.08. The molecule has 11 heavy (non-hydrogen) atoms. The molecule has 1 aromatic carbocycles. The van der Waals surface area contributed by atoms with E-state index in [0.29, 0.717) is 5.75 Å². The van der Waals surface area contributed by atoms with Crippen LogP contribution in [0.3, 0.4) is 0 Å². The lowest BCUT2D eigenvalue weighted by atomic mass is 10.3. The molecule has 0 saturated heterocycles. The molecular weight excluding hydrogens is 164 g/mol. The van der Waals surface area contributed by atoms with Crippen LogP contribution in [0.5, 0.6) is 5.75 Å². The predicted molar refractivity (Wildman–Crippen MR) is 41.6 cm³/mol. The number of benzene rings is 1. The Balaban J connectivity index is 2.58. The smallest absolute Gasteiger partial charge is 0.326 e. The molecule has 0 saturated carbocycles. The maximum atomic E-state index is 10.6. The molecule has 0 aliphatic rings. The lowest BCUT2D eigenvalue weighted by Gasteiger charge is -1.99. The van der Waals surface area contributed by atoms with E-state index in [0.717, 1.165) is 0 Å². The second kappa shape index (κ2) is 3.98. The molecule has 0 heterocycles. The Labute approximate surface area is 69.7 Å². The lowest BCUT2D eigenvalue weighted by Crippen LogP contribution is -2.08. The van der Waals surface area contributed by atoms with Crippen molar-refractivity contribution in [1.82, 2.24) is 0 Å². The van der Waals surface area contributed by atoms with Crippen molar-refractivity contribution >= 4 is 17.6 Å². The molecular formula is C8H6ClO2. The van der Waals surface area contributed by atoms with Crippen LogP contribution < -0.4 is 4.74 Å². The van der Waals surface area contributed by atoms with Crippen molar-refractivity contribution < 1.29 is 9.53 Å². The molecule has 0 amide bonds. The van der Waals surface area contributed by atoms with Crippen LogP contribution in [0.25, 0.3) is 0 Å². The maximum Gasteiger partial charge on any atom is 0.326 e. The molecule has 3 heteroatoms. The molecule has 57 valence electrons. The summed E-state index contributed by atoms with van der Waals surface area (Å²) in [5, 5.41) is 0. The Bertz CT molecular complexity index is 233. The number of esters is 1. The summed E-state index contributed by atoms with van der Waals surface area (Å²) in [4.78, 5) is 10.6. The average Bonchev–Trinajstić information content (AvgIpc) is 2.06.